The van der Waals surface area contributed by atoms with Crippen molar-refractivity contribution < 1.29 is 14.4 Å². The highest BCUT2D eigenvalue weighted by Crippen LogP contribution is 2.25. The predicted molar refractivity (Wildman–Crippen MR) is 111 cm³/mol. The third-order valence-electron chi connectivity index (χ3n) is 4.70. The fourth-order valence-electron chi connectivity index (χ4n) is 3.12. The minimum atomic E-state index is -0.289. The van der Waals surface area contributed by atoms with E-state index >= 15 is 0 Å². The lowest BCUT2D eigenvalue weighted by Gasteiger charge is -2.19. The SMILES string of the molecule is COc1ccc(/C(N)=N/OCC(=O)Nc2ccc(N3CCCC3)cc2C)cc1. The van der Waals surface area contributed by atoms with E-state index in [1.807, 2.05) is 19.1 Å². The summed E-state index contributed by atoms with van der Waals surface area (Å²) >= 11 is 0. The molecule has 0 saturated carbocycles. The molecule has 1 fully saturated rings. The van der Waals surface area contributed by atoms with Gasteiger partial charge in [0.25, 0.3) is 5.91 Å². The summed E-state index contributed by atoms with van der Waals surface area (Å²) in [7, 11) is 1.59. The van der Waals surface area contributed by atoms with Crippen molar-refractivity contribution in [2.75, 3.05) is 37.0 Å². The van der Waals surface area contributed by atoms with Crippen LogP contribution in [0.15, 0.2) is 47.6 Å². The lowest BCUT2D eigenvalue weighted by atomic mass is 10.1. The lowest BCUT2D eigenvalue weighted by molar-refractivity contribution is -0.120. The Labute approximate surface area is 165 Å². The van der Waals surface area contributed by atoms with Gasteiger partial charge in [-0.25, -0.2) is 0 Å². The van der Waals surface area contributed by atoms with Crippen molar-refractivity contribution in [2.45, 2.75) is 19.8 Å². The smallest absolute Gasteiger partial charge is 0.265 e. The number of nitrogens with zero attached hydrogens (tertiary/aromatic N) is 2. The van der Waals surface area contributed by atoms with Crippen LogP contribution >= 0.6 is 0 Å². The van der Waals surface area contributed by atoms with Gasteiger partial charge in [0, 0.05) is 30.0 Å². The molecule has 1 aliphatic rings. The molecule has 148 valence electrons. The molecular formula is C21H26N4O3. The summed E-state index contributed by atoms with van der Waals surface area (Å²) < 4.78 is 5.10. The number of oxime groups is 1. The molecule has 0 unspecified atom stereocenters. The lowest BCUT2D eigenvalue weighted by Crippen LogP contribution is -2.20. The second-order valence-electron chi connectivity index (χ2n) is 6.72. The molecule has 1 saturated heterocycles. The van der Waals surface area contributed by atoms with E-state index in [0.29, 0.717) is 5.56 Å². The highest BCUT2D eigenvalue weighted by molar-refractivity contribution is 5.97. The number of benzene rings is 2. The molecule has 28 heavy (non-hydrogen) atoms. The first kappa shape index (κ1) is 19.5. The Balaban J connectivity index is 1.52. The first-order valence-corrected chi connectivity index (χ1v) is 9.32. The highest BCUT2D eigenvalue weighted by atomic mass is 16.6. The predicted octanol–water partition coefficient (Wildman–Crippen LogP) is 2.88. The molecule has 0 aromatic heterocycles. The molecule has 0 bridgehead atoms. The van der Waals surface area contributed by atoms with E-state index < -0.39 is 0 Å². The molecule has 0 spiro atoms. The number of amidine groups is 1. The van der Waals surface area contributed by atoms with E-state index in [4.69, 9.17) is 15.3 Å². The zero-order valence-electron chi connectivity index (χ0n) is 16.3. The number of rotatable bonds is 7. The first-order chi connectivity index (χ1) is 13.6. The van der Waals surface area contributed by atoms with Gasteiger partial charge in [0.05, 0.1) is 7.11 Å². The van der Waals surface area contributed by atoms with Crippen LogP contribution in [0.3, 0.4) is 0 Å². The summed E-state index contributed by atoms with van der Waals surface area (Å²) in [6.45, 7) is 3.94. The Bertz CT molecular complexity index is 843. The number of nitrogens with two attached hydrogens (primary N) is 1. The van der Waals surface area contributed by atoms with Crippen molar-refractivity contribution in [3.8, 4) is 5.75 Å². The number of methoxy groups -OCH3 is 1. The van der Waals surface area contributed by atoms with E-state index in [9.17, 15) is 4.79 Å². The van der Waals surface area contributed by atoms with Crippen molar-refractivity contribution in [1.82, 2.24) is 0 Å². The molecule has 2 aromatic carbocycles. The normalized spacial score (nSPS) is 14.1. The molecule has 7 heteroatoms. The van der Waals surface area contributed by atoms with Crippen molar-refractivity contribution in [2.24, 2.45) is 10.9 Å². The van der Waals surface area contributed by atoms with Crippen molar-refractivity contribution >= 4 is 23.1 Å². The fraction of sp³-hybridized carbons (Fsp3) is 0.333. The largest absolute Gasteiger partial charge is 0.497 e. The zero-order valence-corrected chi connectivity index (χ0v) is 16.3. The van der Waals surface area contributed by atoms with E-state index in [2.05, 4.69) is 21.4 Å². The van der Waals surface area contributed by atoms with Gasteiger partial charge < -0.3 is 25.5 Å². The van der Waals surface area contributed by atoms with Crippen LogP contribution in [0, 0.1) is 6.92 Å². The Morgan fingerprint density at radius 1 is 1.18 bits per heavy atom. The van der Waals surface area contributed by atoms with Gasteiger partial charge in [-0.3, -0.25) is 4.79 Å². The van der Waals surface area contributed by atoms with Gasteiger partial charge in [-0.2, -0.15) is 0 Å². The Morgan fingerprint density at radius 3 is 2.54 bits per heavy atom. The van der Waals surface area contributed by atoms with Crippen LogP contribution in [0.2, 0.25) is 0 Å². The van der Waals surface area contributed by atoms with Crippen LogP contribution < -0.4 is 20.7 Å². The molecule has 1 amide bonds. The number of nitrogens with one attached hydrogen (secondary N) is 1. The van der Waals surface area contributed by atoms with Gasteiger partial charge in [0.15, 0.2) is 12.4 Å². The second kappa shape index (κ2) is 9.12. The highest BCUT2D eigenvalue weighted by Gasteiger charge is 2.13. The zero-order chi connectivity index (χ0) is 19.9. The molecule has 7 nitrogen and oxygen atoms in total. The van der Waals surface area contributed by atoms with E-state index in [1.165, 1.54) is 18.5 Å². The molecule has 0 aliphatic carbocycles. The van der Waals surface area contributed by atoms with Gasteiger partial charge in [-0.05, 0) is 67.8 Å². The molecule has 3 N–H and O–H groups in total. The Hall–Kier alpha value is -3.22. The third-order valence-corrected chi connectivity index (χ3v) is 4.70. The maximum absolute atomic E-state index is 12.1. The number of hydrogen-bond donors (Lipinski definition) is 2. The third kappa shape index (κ3) is 4.94. The van der Waals surface area contributed by atoms with Crippen LogP contribution in [0.25, 0.3) is 0 Å². The van der Waals surface area contributed by atoms with Gasteiger partial charge in [-0.1, -0.05) is 5.16 Å². The molecule has 1 heterocycles. The number of amides is 1. The van der Waals surface area contributed by atoms with Crippen molar-refractivity contribution in [3.05, 3.63) is 53.6 Å². The average Bonchev–Trinajstić information content (AvgIpc) is 3.24. The van der Waals surface area contributed by atoms with Gasteiger partial charge >= 0.3 is 0 Å². The monoisotopic (exact) mass is 382 g/mol. The van der Waals surface area contributed by atoms with Crippen molar-refractivity contribution in [1.29, 1.82) is 0 Å². The fourth-order valence-corrected chi connectivity index (χ4v) is 3.12. The van der Waals surface area contributed by atoms with Crippen LogP contribution in [-0.4, -0.2) is 38.5 Å². The van der Waals surface area contributed by atoms with E-state index in [1.54, 1.807) is 31.4 Å². The van der Waals surface area contributed by atoms with Crippen molar-refractivity contribution in [3.63, 3.8) is 0 Å². The van der Waals surface area contributed by atoms with Gasteiger partial charge in [-0.15, -0.1) is 0 Å². The van der Waals surface area contributed by atoms with Crippen LogP contribution in [0.5, 0.6) is 5.75 Å². The van der Waals surface area contributed by atoms with Gasteiger partial charge in [0.1, 0.15) is 5.75 Å². The minimum Gasteiger partial charge on any atom is -0.497 e. The summed E-state index contributed by atoms with van der Waals surface area (Å²) in [5, 5.41) is 6.65. The standard InChI is InChI=1S/C21H26N4O3/c1-15-13-17(25-11-3-4-12-25)7-10-19(15)23-20(26)14-28-24-21(22)16-5-8-18(27-2)9-6-16/h5-10,13H,3-4,11-12,14H2,1-2H3,(H2,22,24)(H,23,26). The quantitative estimate of drug-likeness (QED) is 0.437. The Kier molecular flexibility index (Phi) is 6.37. The summed E-state index contributed by atoms with van der Waals surface area (Å²) in [5.74, 6) is 0.632. The number of aryl methyl sites for hydroxylation is 1. The summed E-state index contributed by atoms with van der Waals surface area (Å²) in [6.07, 6.45) is 2.46. The number of carbonyl (C=O) groups is 1. The molecule has 0 radical (unpaired) electrons. The number of ether oxygens (including phenoxy) is 1. The summed E-state index contributed by atoms with van der Waals surface area (Å²) in [6, 6.07) is 13.2. The average molecular weight is 382 g/mol. The van der Waals surface area contributed by atoms with Gasteiger partial charge in [0.2, 0.25) is 0 Å². The molecule has 0 atom stereocenters. The van der Waals surface area contributed by atoms with E-state index in [-0.39, 0.29) is 18.3 Å². The maximum atomic E-state index is 12.1. The molecular weight excluding hydrogens is 356 g/mol. The topological polar surface area (TPSA) is 89.2 Å². The summed E-state index contributed by atoms with van der Waals surface area (Å²) in [4.78, 5) is 19.6. The second-order valence-corrected chi connectivity index (χ2v) is 6.72. The molecule has 1 aliphatic heterocycles. The Morgan fingerprint density at radius 2 is 1.89 bits per heavy atom. The number of anilines is 2. The van der Waals surface area contributed by atoms with Crippen LogP contribution in [0.4, 0.5) is 11.4 Å². The number of hydrogen-bond acceptors (Lipinski definition) is 5. The first-order valence-electron chi connectivity index (χ1n) is 9.32. The van der Waals surface area contributed by atoms with Crippen LogP contribution in [-0.2, 0) is 9.63 Å². The van der Waals surface area contributed by atoms with E-state index in [0.717, 1.165) is 30.1 Å². The molecule has 3 rings (SSSR count). The minimum absolute atomic E-state index is 0.196. The maximum Gasteiger partial charge on any atom is 0.265 e. The van der Waals surface area contributed by atoms with Crippen LogP contribution in [0.1, 0.15) is 24.0 Å². The molecule has 2 aromatic rings. The summed E-state index contributed by atoms with van der Waals surface area (Å²) in [5.41, 5.74) is 9.54. The number of carbonyl (C=O) groups excluding carboxylic acids is 1.